The molecule has 0 saturated carbocycles. The fraction of sp³-hybridized carbons (Fsp3) is 0.222. The number of rotatable bonds is 2. The van der Waals surface area contributed by atoms with Crippen LogP contribution >= 0.6 is 12.2 Å². The lowest BCUT2D eigenvalue weighted by Crippen LogP contribution is -2.31. The Hall–Kier alpha value is -1.09. The van der Waals surface area contributed by atoms with Crippen molar-refractivity contribution in [2.45, 2.75) is 13.0 Å². The lowest BCUT2D eigenvalue weighted by atomic mass is 10.1. The molecule has 0 aliphatic carbocycles. The van der Waals surface area contributed by atoms with Crippen molar-refractivity contribution in [1.82, 2.24) is 5.32 Å². The van der Waals surface area contributed by atoms with E-state index in [2.05, 4.69) is 5.32 Å². The van der Waals surface area contributed by atoms with Crippen LogP contribution in [0.25, 0.3) is 0 Å². The van der Waals surface area contributed by atoms with Crippen molar-refractivity contribution in [1.29, 1.82) is 0 Å². The molecule has 0 fully saturated rings. The molecule has 1 rings (SSSR count). The Morgan fingerprint density at radius 1 is 1.42 bits per heavy atom. The zero-order valence-corrected chi connectivity index (χ0v) is 7.77. The van der Waals surface area contributed by atoms with Gasteiger partial charge in [0.1, 0.15) is 0 Å². The molecule has 1 aromatic carbocycles. The van der Waals surface area contributed by atoms with Crippen LogP contribution < -0.4 is 11.1 Å². The lowest BCUT2D eigenvalue weighted by Gasteiger charge is -2.13. The van der Waals surface area contributed by atoms with Crippen LogP contribution in [0, 0.1) is 0 Å². The summed E-state index contributed by atoms with van der Waals surface area (Å²) in [4.78, 5) is 0. The molecule has 0 radical (unpaired) electrons. The Morgan fingerprint density at radius 2 is 2.00 bits per heavy atom. The molecule has 0 unspecified atom stereocenters. The molecule has 0 aliphatic rings. The summed E-state index contributed by atoms with van der Waals surface area (Å²) in [6.07, 6.45) is 0. The Kier molecular flexibility index (Phi) is 3.05. The van der Waals surface area contributed by atoms with Gasteiger partial charge in [0.25, 0.3) is 0 Å². The standard InChI is InChI=1S/C9H12N2S/c1-7(11-9(10)12)8-5-3-2-4-6-8/h2-7H,1H3,(H3,10,11,12)/t7-/m1/s1. The first-order chi connectivity index (χ1) is 5.70. The van der Waals surface area contributed by atoms with E-state index >= 15 is 0 Å². The molecular formula is C9H12N2S. The van der Waals surface area contributed by atoms with E-state index in [9.17, 15) is 0 Å². The van der Waals surface area contributed by atoms with E-state index in [1.165, 1.54) is 5.56 Å². The molecule has 0 saturated heterocycles. The maximum atomic E-state index is 5.35. The maximum absolute atomic E-state index is 5.35. The molecule has 1 aromatic rings. The number of hydrogen-bond donors (Lipinski definition) is 2. The first-order valence-electron chi connectivity index (χ1n) is 3.81. The highest BCUT2D eigenvalue weighted by atomic mass is 32.1. The van der Waals surface area contributed by atoms with Crippen molar-refractivity contribution in [2.24, 2.45) is 5.73 Å². The van der Waals surface area contributed by atoms with Gasteiger partial charge in [-0.2, -0.15) is 0 Å². The summed E-state index contributed by atoms with van der Waals surface area (Å²) in [5.41, 5.74) is 6.54. The van der Waals surface area contributed by atoms with Crippen molar-refractivity contribution in [3.05, 3.63) is 35.9 Å². The summed E-state index contributed by atoms with van der Waals surface area (Å²) >= 11 is 4.74. The number of nitrogens with two attached hydrogens (primary N) is 1. The first-order valence-corrected chi connectivity index (χ1v) is 4.22. The van der Waals surface area contributed by atoms with Gasteiger partial charge in [-0.3, -0.25) is 0 Å². The van der Waals surface area contributed by atoms with Crippen LogP contribution in [0.1, 0.15) is 18.5 Å². The van der Waals surface area contributed by atoms with E-state index in [0.29, 0.717) is 5.11 Å². The van der Waals surface area contributed by atoms with Crippen molar-refractivity contribution in [2.75, 3.05) is 0 Å². The second-order valence-electron chi connectivity index (χ2n) is 2.64. The maximum Gasteiger partial charge on any atom is 0.164 e. The zero-order chi connectivity index (χ0) is 8.97. The van der Waals surface area contributed by atoms with Crippen molar-refractivity contribution >= 4 is 17.3 Å². The SMILES string of the molecule is C[C@@H](NC(N)=S)c1ccccc1. The van der Waals surface area contributed by atoms with E-state index in [4.69, 9.17) is 18.0 Å². The third kappa shape index (κ3) is 2.51. The summed E-state index contributed by atoms with van der Waals surface area (Å²) in [7, 11) is 0. The Balaban J connectivity index is 2.65. The third-order valence-electron chi connectivity index (χ3n) is 1.66. The largest absolute Gasteiger partial charge is 0.376 e. The van der Waals surface area contributed by atoms with Gasteiger partial charge in [-0.25, -0.2) is 0 Å². The predicted molar refractivity (Wildman–Crippen MR) is 54.8 cm³/mol. The van der Waals surface area contributed by atoms with Gasteiger partial charge in [-0.1, -0.05) is 30.3 Å². The summed E-state index contributed by atoms with van der Waals surface area (Å²) in [6.45, 7) is 2.02. The topological polar surface area (TPSA) is 38.0 Å². The van der Waals surface area contributed by atoms with Gasteiger partial charge >= 0.3 is 0 Å². The van der Waals surface area contributed by atoms with E-state index in [1.807, 2.05) is 37.3 Å². The molecule has 3 N–H and O–H groups in total. The summed E-state index contributed by atoms with van der Waals surface area (Å²) in [5, 5.41) is 3.31. The second kappa shape index (κ2) is 4.07. The molecule has 0 aliphatic heterocycles. The van der Waals surface area contributed by atoms with Crippen LogP contribution in [-0.4, -0.2) is 5.11 Å². The van der Waals surface area contributed by atoms with Crippen LogP contribution in [0.4, 0.5) is 0 Å². The number of thiocarbonyl (C=S) groups is 1. The van der Waals surface area contributed by atoms with E-state index in [0.717, 1.165) is 0 Å². The average molecular weight is 180 g/mol. The second-order valence-corrected chi connectivity index (χ2v) is 3.08. The molecule has 0 spiro atoms. The predicted octanol–water partition coefficient (Wildman–Crippen LogP) is 1.58. The minimum Gasteiger partial charge on any atom is -0.376 e. The van der Waals surface area contributed by atoms with Crippen LogP contribution in [0.5, 0.6) is 0 Å². The molecule has 3 heteroatoms. The smallest absolute Gasteiger partial charge is 0.164 e. The highest BCUT2D eigenvalue weighted by Gasteiger charge is 2.02. The highest BCUT2D eigenvalue weighted by Crippen LogP contribution is 2.10. The van der Waals surface area contributed by atoms with Crippen LogP contribution in [0.3, 0.4) is 0 Å². The Labute approximate surface area is 77.8 Å². The van der Waals surface area contributed by atoms with Crippen LogP contribution in [0.15, 0.2) is 30.3 Å². The first kappa shape index (κ1) is 9.00. The fourth-order valence-electron chi connectivity index (χ4n) is 1.04. The van der Waals surface area contributed by atoms with E-state index < -0.39 is 0 Å². The molecule has 2 nitrogen and oxygen atoms in total. The van der Waals surface area contributed by atoms with Gasteiger partial charge in [0.15, 0.2) is 5.11 Å². The lowest BCUT2D eigenvalue weighted by molar-refractivity contribution is 0.720. The Bertz CT molecular complexity index is 258. The summed E-state index contributed by atoms with van der Waals surface area (Å²) in [5.74, 6) is 0. The summed E-state index contributed by atoms with van der Waals surface area (Å²) in [6, 6.07) is 10.2. The van der Waals surface area contributed by atoms with Crippen LogP contribution in [0.2, 0.25) is 0 Å². The highest BCUT2D eigenvalue weighted by molar-refractivity contribution is 7.80. The molecule has 0 bridgehead atoms. The molecule has 1 atom stereocenters. The minimum absolute atomic E-state index is 0.184. The average Bonchev–Trinajstić information content (AvgIpc) is 2.05. The fourth-order valence-corrected chi connectivity index (χ4v) is 1.22. The van der Waals surface area contributed by atoms with Crippen molar-refractivity contribution < 1.29 is 0 Å². The van der Waals surface area contributed by atoms with Gasteiger partial charge in [0, 0.05) is 0 Å². The van der Waals surface area contributed by atoms with Gasteiger partial charge in [0.05, 0.1) is 6.04 Å². The molecule has 0 aromatic heterocycles. The van der Waals surface area contributed by atoms with Gasteiger partial charge < -0.3 is 11.1 Å². The number of benzene rings is 1. The van der Waals surface area contributed by atoms with Gasteiger partial charge in [0.2, 0.25) is 0 Å². The van der Waals surface area contributed by atoms with Crippen molar-refractivity contribution in [3.63, 3.8) is 0 Å². The number of hydrogen-bond acceptors (Lipinski definition) is 1. The number of nitrogens with one attached hydrogen (secondary N) is 1. The Morgan fingerprint density at radius 3 is 2.50 bits per heavy atom. The quantitative estimate of drug-likeness (QED) is 0.679. The minimum atomic E-state index is 0.184. The third-order valence-corrected chi connectivity index (χ3v) is 1.78. The van der Waals surface area contributed by atoms with Gasteiger partial charge in [-0.15, -0.1) is 0 Å². The molecular weight excluding hydrogens is 168 g/mol. The van der Waals surface area contributed by atoms with Crippen molar-refractivity contribution in [3.8, 4) is 0 Å². The zero-order valence-electron chi connectivity index (χ0n) is 6.95. The molecule has 0 amide bonds. The van der Waals surface area contributed by atoms with E-state index in [1.54, 1.807) is 0 Å². The monoisotopic (exact) mass is 180 g/mol. The van der Waals surface area contributed by atoms with Crippen LogP contribution in [-0.2, 0) is 0 Å². The van der Waals surface area contributed by atoms with E-state index in [-0.39, 0.29) is 6.04 Å². The summed E-state index contributed by atoms with van der Waals surface area (Å²) < 4.78 is 0. The molecule has 12 heavy (non-hydrogen) atoms. The molecule has 64 valence electrons. The molecule has 0 heterocycles. The normalized spacial score (nSPS) is 12.1. The van der Waals surface area contributed by atoms with Gasteiger partial charge in [-0.05, 0) is 24.7 Å².